The lowest BCUT2D eigenvalue weighted by Gasteiger charge is -2.21. The topological polar surface area (TPSA) is 102 Å². The molecule has 0 atom stereocenters. The average molecular weight is 425 g/mol. The number of methoxy groups -OCH3 is 1. The highest BCUT2D eigenvalue weighted by atomic mass is 16.5. The standard InChI is InChI=1S/C23H36O7/c1-15-14-17(29-12-8-10-22(3,4)20(24)25)19(28-7)16(2)18(15)30-13-9-11-23(5,6)21(26)27/h14H,8-13H2,1-7H3,(H,24,25)(H,26,27). The fraction of sp³-hybridized carbons (Fsp3) is 0.652. The van der Waals surface area contributed by atoms with E-state index >= 15 is 0 Å². The van der Waals surface area contributed by atoms with Gasteiger partial charge in [0.15, 0.2) is 11.5 Å². The van der Waals surface area contributed by atoms with Crippen molar-refractivity contribution in [3.63, 3.8) is 0 Å². The minimum atomic E-state index is -0.819. The first-order chi connectivity index (χ1) is 13.8. The number of aliphatic carboxylic acids is 2. The van der Waals surface area contributed by atoms with Crippen LogP contribution in [-0.4, -0.2) is 42.5 Å². The van der Waals surface area contributed by atoms with Crippen molar-refractivity contribution in [2.24, 2.45) is 10.8 Å². The van der Waals surface area contributed by atoms with Gasteiger partial charge in [-0.1, -0.05) is 0 Å². The van der Waals surface area contributed by atoms with Crippen LogP contribution in [0.2, 0.25) is 0 Å². The van der Waals surface area contributed by atoms with E-state index in [1.54, 1.807) is 34.8 Å². The smallest absolute Gasteiger partial charge is 0.309 e. The number of carboxylic acid groups (broad SMARTS) is 2. The Labute approximate surface area is 179 Å². The quantitative estimate of drug-likeness (QED) is 0.436. The number of ether oxygens (including phenoxy) is 3. The van der Waals surface area contributed by atoms with Crippen LogP contribution in [0.5, 0.6) is 17.2 Å². The molecule has 30 heavy (non-hydrogen) atoms. The number of rotatable bonds is 13. The van der Waals surface area contributed by atoms with Gasteiger partial charge >= 0.3 is 11.9 Å². The molecule has 0 saturated carbocycles. The normalized spacial score (nSPS) is 11.8. The summed E-state index contributed by atoms with van der Waals surface area (Å²) >= 11 is 0. The summed E-state index contributed by atoms with van der Waals surface area (Å²) in [4.78, 5) is 22.4. The van der Waals surface area contributed by atoms with Gasteiger partial charge in [-0.15, -0.1) is 0 Å². The third-order valence-corrected chi connectivity index (χ3v) is 5.37. The van der Waals surface area contributed by atoms with E-state index in [9.17, 15) is 19.8 Å². The highest BCUT2D eigenvalue weighted by Crippen LogP contribution is 2.40. The van der Waals surface area contributed by atoms with E-state index in [0.717, 1.165) is 11.1 Å². The summed E-state index contributed by atoms with van der Waals surface area (Å²) < 4.78 is 17.3. The summed E-state index contributed by atoms with van der Waals surface area (Å²) in [5.41, 5.74) is 0.145. The van der Waals surface area contributed by atoms with Gasteiger partial charge < -0.3 is 24.4 Å². The molecule has 2 N–H and O–H groups in total. The van der Waals surface area contributed by atoms with Gasteiger partial charge in [0.2, 0.25) is 0 Å². The van der Waals surface area contributed by atoms with Crippen LogP contribution in [0.15, 0.2) is 6.07 Å². The van der Waals surface area contributed by atoms with Crippen LogP contribution in [0.1, 0.15) is 64.5 Å². The van der Waals surface area contributed by atoms with Crippen molar-refractivity contribution in [2.45, 2.75) is 67.2 Å². The van der Waals surface area contributed by atoms with E-state index < -0.39 is 22.8 Å². The molecule has 0 radical (unpaired) electrons. The van der Waals surface area contributed by atoms with Crippen molar-refractivity contribution in [3.8, 4) is 17.2 Å². The first-order valence-electron chi connectivity index (χ1n) is 10.2. The maximum absolute atomic E-state index is 11.2. The second kappa shape index (κ2) is 10.5. The monoisotopic (exact) mass is 424 g/mol. The van der Waals surface area contributed by atoms with Crippen LogP contribution in [0.3, 0.4) is 0 Å². The van der Waals surface area contributed by atoms with E-state index in [4.69, 9.17) is 14.2 Å². The lowest BCUT2D eigenvalue weighted by Crippen LogP contribution is -2.24. The zero-order chi connectivity index (χ0) is 23.1. The van der Waals surface area contributed by atoms with E-state index in [1.807, 2.05) is 19.9 Å². The molecule has 0 fully saturated rings. The summed E-state index contributed by atoms with van der Waals surface area (Å²) in [6.07, 6.45) is 2.26. The van der Waals surface area contributed by atoms with Crippen LogP contribution in [0.4, 0.5) is 0 Å². The molecule has 0 bridgehead atoms. The Kier molecular flexibility index (Phi) is 9.00. The highest BCUT2D eigenvalue weighted by molar-refractivity contribution is 5.73. The zero-order valence-corrected chi connectivity index (χ0v) is 19.3. The first-order valence-corrected chi connectivity index (χ1v) is 10.2. The third-order valence-electron chi connectivity index (χ3n) is 5.37. The number of hydrogen-bond donors (Lipinski definition) is 2. The fourth-order valence-electron chi connectivity index (χ4n) is 3.09. The second-order valence-corrected chi connectivity index (χ2v) is 8.96. The Morgan fingerprint density at radius 3 is 1.77 bits per heavy atom. The van der Waals surface area contributed by atoms with Crippen LogP contribution < -0.4 is 14.2 Å². The van der Waals surface area contributed by atoms with Crippen LogP contribution >= 0.6 is 0 Å². The van der Waals surface area contributed by atoms with E-state index in [-0.39, 0.29) is 0 Å². The van der Waals surface area contributed by atoms with Gasteiger partial charge in [0.1, 0.15) is 5.75 Å². The molecule has 1 aromatic rings. The molecule has 7 heteroatoms. The number of benzene rings is 1. The third kappa shape index (κ3) is 6.82. The maximum Gasteiger partial charge on any atom is 0.309 e. The van der Waals surface area contributed by atoms with Crippen LogP contribution in [-0.2, 0) is 9.59 Å². The average Bonchev–Trinajstić information content (AvgIpc) is 2.64. The van der Waals surface area contributed by atoms with Gasteiger partial charge in [-0.3, -0.25) is 9.59 Å². The van der Waals surface area contributed by atoms with Gasteiger partial charge in [0.25, 0.3) is 0 Å². The number of carbonyl (C=O) groups is 2. The molecule has 0 amide bonds. The Morgan fingerprint density at radius 2 is 1.33 bits per heavy atom. The minimum absolute atomic E-state index is 0.385. The van der Waals surface area contributed by atoms with Crippen LogP contribution in [0.25, 0.3) is 0 Å². The predicted molar refractivity (Wildman–Crippen MR) is 115 cm³/mol. The summed E-state index contributed by atoms with van der Waals surface area (Å²) in [5, 5.41) is 18.4. The van der Waals surface area contributed by atoms with Gasteiger partial charge in [-0.25, -0.2) is 0 Å². The van der Waals surface area contributed by atoms with E-state index in [2.05, 4.69) is 0 Å². The number of carboxylic acids is 2. The summed E-state index contributed by atoms with van der Waals surface area (Å²) in [5.74, 6) is 0.253. The maximum atomic E-state index is 11.2. The highest BCUT2D eigenvalue weighted by Gasteiger charge is 2.27. The molecule has 0 spiro atoms. The van der Waals surface area contributed by atoms with Gasteiger partial charge in [0, 0.05) is 5.56 Å². The van der Waals surface area contributed by atoms with Crippen molar-refractivity contribution in [3.05, 3.63) is 17.2 Å². The van der Waals surface area contributed by atoms with Crippen molar-refractivity contribution in [1.29, 1.82) is 0 Å². The number of aryl methyl sites for hydroxylation is 1. The number of hydrogen-bond acceptors (Lipinski definition) is 5. The van der Waals surface area contributed by atoms with Crippen molar-refractivity contribution < 1.29 is 34.0 Å². The van der Waals surface area contributed by atoms with Gasteiger partial charge in [-0.2, -0.15) is 0 Å². The SMILES string of the molecule is COc1c(OCCCC(C)(C)C(=O)O)cc(C)c(OCCCC(C)(C)C(=O)O)c1C. The molecule has 0 aromatic heterocycles. The second-order valence-electron chi connectivity index (χ2n) is 8.96. The first kappa shape index (κ1) is 25.6. The lowest BCUT2D eigenvalue weighted by atomic mass is 9.88. The molecule has 170 valence electrons. The molecule has 1 aromatic carbocycles. The van der Waals surface area contributed by atoms with E-state index in [0.29, 0.717) is 56.1 Å². The molecule has 0 unspecified atom stereocenters. The molecule has 0 saturated heterocycles. The Balaban J connectivity index is 2.76. The Bertz CT molecular complexity index is 750. The van der Waals surface area contributed by atoms with Crippen LogP contribution in [0, 0.1) is 24.7 Å². The molecular weight excluding hydrogens is 388 g/mol. The summed E-state index contributed by atoms with van der Waals surface area (Å²) in [7, 11) is 1.57. The van der Waals surface area contributed by atoms with Crippen molar-refractivity contribution in [1.82, 2.24) is 0 Å². The molecule has 7 nitrogen and oxygen atoms in total. The molecule has 0 heterocycles. The van der Waals surface area contributed by atoms with Gasteiger partial charge in [-0.05, 0) is 78.9 Å². The Hall–Kier alpha value is -2.44. The Morgan fingerprint density at radius 1 is 0.867 bits per heavy atom. The molecule has 1 rings (SSSR count). The molecular formula is C23H36O7. The summed E-state index contributed by atoms with van der Waals surface area (Å²) in [6, 6.07) is 1.85. The lowest BCUT2D eigenvalue weighted by molar-refractivity contribution is -0.148. The van der Waals surface area contributed by atoms with E-state index in [1.165, 1.54) is 0 Å². The largest absolute Gasteiger partial charge is 0.493 e. The van der Waals surface area contributed by atoms with Gasteiger partial charge in [0.05, 0.1) is 31.2 Å². The zero-order valence-electron chi connectivity index (χ0n) is 19.3. The summed E-state index contributed by atoms with van der Waals surface area (Å²) in [6.45, 7) is 11.4. The predicted octanol–water partition coefficient (Wildman–Crippen LogP) is 4.85. The van der Waals surface area contributed by atoms with Crippen molar-refractivity contribution in [2.75, 3.05) is 20.3 Å². The molecule has 0 aliphatic rings. The fourth-order valence-corrected chi connectivity index (χ4v) is 3.09. The molecule has 0 aliphatic carbocycles. The molecule has 0 aliphatic heterocycles. The van der Waals surface area contributed by atoms with Crippen molar-refractivity contribution >= 4 is 11.9 Å². The minimum Gasteiger partial charge on any atom is -0.493 e.